The van der Waals surface area contributed by atoms with Crippen molar-refractivity contribution in [3.8, 4) is 6.07 Å². The van der Waals surface area contributed by atoms with E-state index in [1.165, 1.54) is 6.07 Å². The molecule has 1 amide bonds. The Morgan fingerprint density at radius 2 is 1.70 bits per heavy atom. The van der Waals surface area contributed by atoms with Crippen molar-refractivity contribution in [3.05, 3.63) is 35.6 Å². The molecule has 0 aromatic heterocycles. The van der Waals surface area contributed by atoms with Gasteiger partial charge in [0.2, 0.25) is 0 Å². The van der Waals surface area contributed by atoms with Crippen molar-refractivity contribution in [1.82, 2.24) is 5.32 Å². The van der Waals surface area contributed by atoms with E-state index in [0.29, 0.717) is 31.2 Å². The average molecular weight is 372 g/mol. The molecule has 2 saturated carbocycles. The van der Waals surface area contributed by atoms with Crippen molar-refractivity contribution >= 4 is 11.9 Å². The highest BCUT2D eigenvalue weighted by Gasteiger charge is 2.46. The van der Waals surface area contributed by atoms with Crippen LogP contribution in [0.5, 0.6) is 0 Å². The molecule has 2 fully saturated rings. The van der Waals surface area contributed by atoms with Gasteiger partial charge in [-0.1, -0.05) is 50.3 Å². The fourth-order valence-corrected chi connectivity index (χ4v) is 4.40. The third kappa shape index (κ3) is 3.97. The number of rotatable bonds is 5. The summed E-state index contributed by atoms with van der Waals surface area (Å²) >= 11 is 0. The van der Waals surface area contributed by atoms with E-state index in [0.717, 1.165) is 32.1 Å². The van der Waals surface area contributed by atoms with Crippen LogP contribution in [0.3, 0.4) is 0 Å². The Hall–Kier alpha value is -2.42. The maximum atomic E-state index is 14.3. The van der Waals surface area contributed by atoms with Gasteiger partial charge < -0.3 is 10.1 Å². The number of hydrogen-bond donors (Lipinski definition) is 1. The van der Waals surface area contributed by atoms with Gasteiger partial charge in [-0.15, -0.1) is 0 Å². The first-order chi connectivity index (χ1) is 13.0. The fourth-order valence-electron chi connectivity index (χ4n) is 4.40. The first kappa shape index (κ1) is 19.3. The third-order valence-corrected chi connectivity index (χ3v) is 5.87. The van der Waals surface area contributed by atoms with E-state index in [4.69, 9.17) is 4.74 Å². The summed E-state index contributed by atoms with van der Waals surface area (Å²) in [5.74, 6) is -1.46. The number of ether oxygens (including phenoxy) is 1. The first-order valence-corrected chi connectivity index (χ1v) is 9.66. The number of benzene rings is 1. The predicted octanol–water partition coefficient (Wildman–Crippen LogP) is 3.52. The second-order valence-corrected chi connectivity index (χ2v) is 7.65. The topological polar surface area (TPSA) is 79.2 Å². The smallest absolute Gasteiger partial charge is 0.317 e. The molecule has 1 N–H and O–H groups in total. The number of nitriles is 1. The van der Waals surface area contributed by atoms with Crippen LogP contribution in [0.1, 0.15) is 63.4 Å². The molecule has 0 radical (unpaired) electrons. The van der Waals surface area contributed by atoms with Crippen LogP contribution in [0.15, 0.2) is 24.3 Å². The number of amides is 1. The fraction of sp³-hybridized carbons (Fsp3) is 0.571. The molecule has 1 aromatic rings. The van der Waals surface area contributed by atoms with E-state index in [9.17, 15) is 19.2 Å². The van der Waals surface area contributed by atoms with Crippen molar-refractivity contribution < 1.29 is 18.7 Å². The Morgan fingerprint density at radius 1 is 1.07 bits per heavy atom. The van der Waals surface area contributed by atoms with Gasteiger partial charge in [0.15, 0.2) is 6.61 Å². The van der Waals surface area contributed by atoms with Gasteiger partial charge >= 0.3 is 5.97 Å². The molecular weight excluding hydrogens is 347 g/mol. The van der Waals surface area contributed by atoms with Crippen LogP contribution >= 0.6 is 0 Å². The summed E-state index contributed by atoms with van der Waals surface area (Å²) in [6.07, 6.45) is 6.71. The summed E-state index contributed by atoms with van der Waals surface area (Å²) in [5.41, 5.74) is -1.55. The lowest BCUT2D eigenvalue weighted by Crippen LogP contribution is -2.50. The van der Waals surface area contributed by atoms with E-state index in [-0.39, 0.29) is 0 Å². The lowest BCUT2D eigenvalue weighted by molar-refractivity contribution is -0.154. The number of carbonyl (C=O) groups is 2. The van der Waals surface area contributed by atoms with Crippen LogP contribution in [0.4, 0.5) is 4.39 Å². The summed E-state index contributed by atoms with van der Waals surface area (Å²) in [6.45, 7) is -0.446. The van der Waals surface area contributed by atoms with Gasteiger partial charge in [-0.25, -0.2) is 4.39 Å². The summed E-state index contributed by atoms with van der Waals surface area (Å²) in [5, 5.41) is 12.2. The highest BCUT2D eigenvalue weighted by Crippen LogP contribution is 2.43. The van der Waals surface area contributed by atoms with Gasteiger partial charge in [-0.3, -0.25) is 9.59 Å². The minimum absolute atomic E-state index is 0.341. The maximum Gasteiger partial charge on any atom is 0.317 e. The van der Waals surface area contributed by atoms with E-state index in [1.54, 1.807) is 18.2 Å². The van der Waals surface area contributed by atoms with Gasteiger partial charge in [0, 0.05) is 5.56 Å². The van der Waals surface area contributed by atoms with E-state index >= 15 is 0 Å². The Kier molecular flexibility index (Phi) is 5.79. The molecule has 144 valence electrons. The summed E-state index contributed by atoms with van der Waals surface area (Å²) in [6, 6.07) is 8.47. The minimum atomic E-state index is -1.02. The standard InChI is InChI=1S/C21H25FN2O3/c22-17-9-3-2-8-16(17)21(12-6-7-13-21)19(26)27-14-18(25)24-20(15-23)10-4-1-5-11-20/h2-3,8-9H,1,4-7,10-14H2,(H,24,25). The van der Waals surface area contributed by atoms with Gasteiger partial charge in [-0.2, -0.15) is 5.26 Å². The van der Waals surface area contributed by atoms with E-state index in [1.807, 2.05) is 0 Å². The number of halogens is 1. The quantitative estimate of drug-likeness (QED) is 0.802. The van der Waals surface area contributed by atoms with Crippen LogP contribution in [0.2, 0.25) is 0 Å². The van der Waals surface area contributed by atoms with Crippen molar-refractivity contribution in [2.75, 3.05) is 6.61 Å². The first-order valence-electron chi connectivity index (χ1n) is 9.66. The SMILES string of the molecule is N#CC1(NC(=O)COC(=O)C2(c3ccccc3F)CCCC2)CCCCC1. The molecule has 0 spiro atoms. The van der Waals surface area contributed by atoms with Gasteiger partial charge in [0.1, 0.15) is 11.4 Å². The molecule has 0 atom stereocenters. The molecule has 0 unspecified atom stereocenters. The average Bonchev–Trinajstić information content (AvgIpc) is 3.18. The van der Waals surface area contributed by atoms with Crippen LogP contribution in [0.25, 0.3) is 0 Å². The van der Waals surface area contributed by atoms with Gasteiger partial charge in [-0.05, 0) is 31.7 Å². The third-order valence-electron chi connectivity index (χ3n) is 5.87. The van der Waals surface area contributed by atoms with Crippen LogP contribution in [-0.4, -0.2) is 24.0 Å². The number of hydrogen-bond acceptors (Lipinski definition) is 4. The molecule has 2 aliphatic carbocycles. The van der Waals surface area contributed by atoms with Crippen molar-refractivity contribution in [1.29, 1.82) is 5.26 Å². The molecule has 5 nitrogen and oxygen atoms in total. The Labute approximate surface area is 158 Å². The van der Waals surface area contributed by atoms with Gasteiger partial charge in [0.25, 0.3) is 5.91 Å². The highest BCUT2D eigenvalue weighted by molar-refractivity contribution is 5.87. The lowest BCUT2D eigenvalue weighted by Gasteiger charge is -2.32. The highest BCUT2D eigenvalue weighted by atomic mass is 19.1. The normalized spacial score (nSPS) is 20.4. The summed E-state index contributed by atoms with van der Waals surface area (Å²) in [7, 11) is 0. The number of nitrogens with one attached hydrogen (secondary N) is 1. The monoisotopic (exact) mass is 372 g/mol. The molecule has 0 heterocycles. The molecule has 0 bridgehead atoms. The van der Waals surface area contributed by atoms with E-state index < -0.39 is 35.3 Å². The number of carbonyl (C=O) groups excluding carboxylic acids is 2. The largest absolute Gasteiger partial charge is 0.455 e. The summed E-state index contributed by atoms with van der Waals surface area (Å²) < 4.78 is 19.6. The van der Waals surface area contributed by atoms with Crippen LogP contribution in [0, 0.1) is 17.1 Å². The van der Waals surface area contributed by atoms with Crippen molar-refractivity contribution in [3.63, 3.8) is 0 Å². The minimum Gasteiger partial charge on any atom is -0.455 e. The number of esters is 1. The van der Waals surface area contributed by atoms with Crippen LogP contribution in [-0.2, 0) is 19.7 Å². The molecule has 2 aliphatic rings. The number of nitrogens with zero attached hydrogens (tertiary/aromatic N) is 1. The van der Waals surface area contributed by atoms with Crippen molar-refractivity contribution in [2.24, 2.45) is 0 Å². The molecule has 1 aromatic carbocycles. The Morgan fingerprint density at radius 3 is 2.33 bits per heavy atom. The molecule has 3 rings (SSSR count). The second kappa shape index (κ2) is 8.08. The predicted molar refractivity (Wildman–Crippen MR) is 97.1 cm³/mol. The zero-order chi connectivity index (χ0) is 19.3. The van der Waals surface area contributed by atoms with E-state index in [2.05, 4.69) is 11.4 Å². The lowest BCUT2D eigenvalue weighted by atomic mass is 9.78. The summed E-state index contributed by atoms with van der Waals surface area (Å²) in [4.78, 5) is 25.1. The molecule has 27 heavy (non-hydrogen) atoms. The Bertz CT molecular complexity index is 744. The molecule has 0 saturated heterocycles. The molecular formula is C21H25FN2O3. The Balaban J connectivity index is 1.66. The van der Waals surface area contributed by atoms with Gasteiger partial charge in [0.05, 0.1) is 11.5 Å². The van der Waals surface area contributed by atoms with Crippen molar-refractivity contribution in [2.45, 2.75) is 68.7 Å². The molecule has 6 heteroatoms. The zero-order valence-electron chi connectivity index (χ0n) is 15.4. The molecule has 0 aliphatic heterocycles. The maximum absolute atomic E-state index is 14.3. The zero-order valence-corrected chi connectivity index (χ0v) is 15.4. The van der Waals surface area contributed by atoms with Crippen LogP contribution < -0.4 is 5.32 Å². The second-order valence-electron chi connectivity index (χ2n) is 7.65.